The summed E-state index contributed by atoms with van der Waals surface area (Å²) in [5.74, 6) is -2.42. The molecule has 0 aliphatic carbocycles. The van der Waals surface area contributed by atoms with Crippen molar-refractivity contribution in [1.82, 2.24) is 9.88 Å². The second-order valence-electron chi connectivity index (χ2n) is 5.98. The summed E-state index contributed by atoms with van der Waals surface area (Å²) < 4.78 is 27.2. The molecule has 2 aromatic carbocycles. The largest absolute Gasteiger partial charge is 0.335 e. The molecular formula is C19H15ClF2N2O2. The molecule has 1 amide bonds. The van der Waals surface area contributed by atoms with E-state index < -0.39 is 23.2 Å². The number of rotatable bonds is 3. The monoisotopic (exact) mass is 376 g/mol. The Balaban J connectivity index is 2.04. The van der Waals surface area contributed by atoms with Crippen LogP contribution in [0.1, 0.15) is 28.9 Å². The van der Waals surface area contributed by atoms with E-state index in [1.807, 2.05) is 0 Å². The summed E-state index contributed by atoms with van der Waals surface area (Å²) in [7, 11) is 1.60. The number of aromatic amines is 1. The van der Waals surface area contributed by atoms with Gasteiger partial charge in [-0.1, -0.05) is 11.6 Å². The molecule has 0 fully saturated rings. The Hall–Kier alpha value is -2.73. The summed E-state index contributed by atoms with van der Waals surface area (Å²) in [5.41, 5.74) is 0.416. The van der Waals surface area contributed by atoms with Gasteiger partial charge in [0.2, 0.25) is 0 Å². The number of carbonyl (C=O) groups is 1. The van der Waals surface area contributed by atoms with Crippen molar-refractivity contribution in [3.05, 3.63) is 80.7 Å². The first kappa shape index (κ1) is 18.1. The molecule has 1 aromatic heterocycles. The van der Waals surface area contributed by atoms with Gasteiger partial charge in [0, 0.05) is 23.8 Å². The van der Waals surface area contributed by atoms with Crippen LogP contribution in [-0.4, -0.2) is 22.8 Å². The number of nitrogens with zero attached hydrogens (tertiary/aromatic N) is 1. The fourth-order valence-corrected chi connectivity index (χ4v) is 2.92. The molecule has 0 aliphatic rings. The summed E-state index contributed by atoms with van der Waals surface area (Å²) in [6.45, 7) is 1.74. The topological polar surface area (TPSA) is 53.2 Å². The lowest BCUT2D eigenvalue weighted by Gasteiger charge is -2.26. The lowest BCUT2D eigenvalue weighted by atomic mass is 10.0. The standard InChI is InChI=1S/C19H15ClF2N2O2/c1-10(24(2)19(26)11-3-5-12(20)6-4-11)15-9-23-18(25)14-8-17(22)16(21)7-13(14)15/h3-10H,1-2H3,(H,23,25)/t10-/m0/s1. The van der Waals surface area contributed by atoms with Crippen LogP contribution in [0.25, 0.3) is 10.8 Å². The molecule has 7 heteroatoms. The van der Waals surface area contributed by atoms with Gasteiger partial charge in [0.1, 0.15) is 0 Å². The number of carbonyl (C=O) groups excluding carboxylic acids is 1. The Morgan fingerprint density at radius 2 is 1.69 bits per heavy atom. The first-order chi connectivity index (χ1) is 12.3. The smallest absolute Gasteiger partial charge is 0.255 e. The minimum atomic E-state index is -1.10. The van der Waals surface area contributed by atoms with Crippen LogP contribution in [0.4, 0.5) is 8.78 Å². The summed E-state index contributed by atoms with van der Waals surface area (Å²) in [5, 5.41) is 0.804. The van der Waals surface area contributed by atoms with Crippen molar-refractivity contribution in [2.24, 2.45) is 0 Å². The molecule has 0 bridgehead atoms. The number of fused-ring (bicyclic) bond motifs is 1. The van der Waals surface area contributed by atoms with Crippen LogP contribution in [0.2, 0.25) is 5.02 Å². The van der Waals surface area contributed by atoms with Crippen LogP contribution >= 0.6 is 11.6 Å². The number of H-pyrrole nitrogens is 1. The number of amides is 1. The predicted octanol–water partition coefficient (Wildman–Crippen LogP) is 4.29. The summed E-state index contributed by atoms with van der Waals surface area (Å²) in [6, 6.07) is 7.78. The van der Waals surface area contributed by atoms with Gasteiger partial charge in [0.05, 0.1) is 11.4 Å². The third kappa shape index (κ3) is 3.20. The third-order valence-corrected chi connectivity index (χ3v) is 4.67. The van der Waals surface area contributed by atoms with Crippen molar-refractivity contribution < 1.29 is 13.6 Å². The Bertz CT molecular complexity index is 1050. The predicted molar refractivity (Wildman–Crippen MR) is 96.4 cm³/mol. The van der Waals surface area contributed by atoms with E-state index in [1.165, 1.54) is 11.1 Å². The number of benzene rings is 2. The van der Waals surface area contributed by atoms with Gasteiger partial charge in [0.25, 0.3) is 11.5 Å². The molecule has 0 saturated heterocycles. The zero-order chi connectivity index (χ0) is 19.0. The highest BCUT2D eigenvalue weighted by Crippen LogP contribution is 2.27. The number of halogens is 3. The fraction of sp³-hybridized carbons (Fsp3) is 0.158. The molecular weight excluding hydrogens is 362 g/mol. The van der Waals surface area contributed by atoms with E-state index >= 15 is 0 Å². The van der Waals surface area contributed by atoms with E-state index in [1.54, 1.807) is 38.2 Å². The van der Waals surface area contributed by atoms with Crippen LogP contribution < -0.4 is 5.56 Å². The second kappa shape index (κ2) is 6.88. The lowest BCUT2D eigenvalue weighted by Crippen LogP contribution is -2.30. The van der Waals surface area contributed by atoms with Crippen molar-refractivity contribution >= 4 is 28.3 Å². The van der Waals surface area contributed by atoms with Crippen LogP contribution in [-0.2, 0) is 0 Å². The van der Waals surface area contributed by atoms with Crippen LogP contribution in [0.15, 0.2) is 47.4 Å². The van der Waals surface area contributed by atoms with Crippen LogP contribution in [0.5, 0.6) is 0 Å². The molecule has 0 unspecified atom stereocenters. The number of hydrogen-bond acceptors (Lipinski definition) is 2. The van der Waals surface area contributed by atoms with E-state index in [4.69, 9.17) is 11.6 Å². The molecule has 0 aliphatic heterocycles. The van der Waals surface area contributed by atoms with Crippen molar-refractivity contribution in [1.29, 1.82) is 0 Å². The molecule has 1 heterocycles. The van der Waals surface area contributed by atoms with Gasteiger partial charge in [-0.25, -0.2) is 8.78 Å². The van der Waals surface area contributed by atoms with Crippen molar-refractivity contribution in [3.63, 3.8) is 0 Å². The van der Waals surface area contributed by atoms with Gasteiger partial charge >= 0.3 is 0 Å². The highest BCUT2D eigenvalue weighted by molar-refractivity contribution is 6.30. The number of hydrogen-bond donors (Lipinski definition) is 1. The second-order valence-corrected chi connectivity index (χ2v) is 6.42. The van der Waals surface area contributed by atoms with E-state index in [0.717, 1.165) is 12.1 Å². The zero-order valence-corrected chi connectivity index (χ0v) is 14.8. The molecule has 134 valence electrons. The minimum absolute atomic E-state index is 0.0283. The van der Waals surface area contributed by atoms with Gasteiger partial charge < -0.3 is 9.88 Å². The molecule has 4 nitrogen and oxygen atoms in total. The van der Waals surface area contributed by atoms with Gasteiger partial charge in [-0.15, -0.1) is 0 Å². The first-order valence-electron chi connectivity index (χ1n) is 7.82. The zero-order valence-electron chi connectivity index (χ0n) is 14.0. The molecule has 0 saturated carbocycles. The quantitative estimate of drug-likeness (QED) is 0.741. The highest BCUT2D eigenvalue weighted by atomic mass is 35.5. The number of aromatic nitrogens is 1. The highest BCUT2D eigenvalue weighted by Gasteiger charge is 2.22. The summed E-state index contributed by atoms with van der Waals surface area (Å²) >= 11 is 5.84. The van der Waals surface area contributed by atoms with Crippen molar-refractivity contribution in [2.45, 2.75) is 13.0 Å². The maximum atomic E-state index is 13.7. The maximum Gasteiger partial charge on any atom is 0.255 e. The molecule has 3 aromatic rings. The van der Waals surface area contributed by atoms with E-state index in [9.17, 15) is 18.4 Å². The maximum absolute atomic E-state index is 13.7. The van der Waals surface area contributed by atoms with E-state index in [0.29, 0.717) is 16.1 Å². The molecule has 1 N–H and O–H groups in total. The molecule has 1 atom stereocenters. The SMILES string of the molecule is C[C@@H](c1c[nH]c(=O)c2cc(F)c(F)cc12)N(C)C(=O)c1ccc(Cl)cc1. The lowest BCUT2D eigenvalue weighted by molar-refractivity contribution is 0.0743. The van der Waals surface area contributed by atoms with Crippen molar-refractivity contribution in [2.75, 3.05) is 7.05 Å². The molecule has 3 rings (SSSR count). The average Bonchev–Trinajstić information content (AvgIpc) is 2.62. The Morgan fingerprint density at radius 3 is 2.31 bits per heavy atom. The minimum Gasteiger partial charge on any atom is -0.335 e. The number of nitrogens with one attached hydrogen (secondary N) is 1. The van der Waals surface area contributed by atoms with Gasteiger partial charge in [-0.2, -0.15) is 0 Å². The number of pyridine rings is 1. The van der Waals surface area contributed by atoms with E-state index in [-0.39, 0.29) is 16.7 Å². The summed E-state index contributed by atoms with van der Waals surface area (Å²) in [4.78, 5) is 28.6. The Kier molecular flexibility index (Phi) is 4.78. The van der Waals surface area contributed by atoms with Crippen LogP contribution in [0.3, 0.4) is 0 Å². The third-order valence-electron chi connectivity index (χ3n) is 4.42. The first-order valence-corrected chi connectivity index (χ1v) is 8.20. The average molecular weight is 377 g/mol. The van der Waals surface area contributed by atoms with E-state index in [2.05, 4.69) is 4.98 Å². The van der Waals surface area contributed by atoms with Crippen LogP contribution in [0, 0.1) is 11.6 Å². The molecule has 26 heavy (non-hydrogen) atoms. The van der Waals surface area contributed by atoms with Gasteiger partial charge in [-0.3, -0.25) is 9.59 Å². The Labute approximate surface area is 153 Å². The van der Waals surface area contributed by atoms with Crippen molar-refractivity contribution in [3.8, 4) is 0 Å². The normalized spacial score (nSPS) is 12.2. The fourth-order valence-electron chi connectivity index (χ4n) is 2.80. The van der Waals surface area contributed by atoms with Gasteiger partial charge in [-0.05, 0) is 54.3 Å². The molecule has 0 spiro atoms. The summed E-state index contributed by atoms with van der Waals surface area (Å²) in [6.07, 6.45) is 1.41. The van der Waals surface area contributed by atoms with Gasteiger partial charge in [0.15, 0.2) is 11.6 Å². The molecule has 0 radical (unpaired) electrons. The Morgan fingerprint density at radius 1 is 1.12 bits per heavy atom.